The van der Waals surface area contributed by atoms with Crippen LogP contribution in [-0.2, 0) is 4.79 Å². The minimum atomic E-state index is -0.221. The second kappa shape index (κ2) is 8.09. The van der Waals surface area contributed by atoms with Gasteiger partial charge in [-0.05, 0) is 79.5 Å². The Morgan fingerprint density at radius 2 is 1.82 bits per heavy atom. The van der Waals surface area contributed by atoms with Crippen molar-refractivity contribution in [1.82, 2.24) is 4.98 Å². The number of aromatic nitrogens is 1. The fourth-order valence-corrected chi connectivity index (χ4v) is 4.42. The molecule has 1 aromatic heterocycles. The van der Waals surface area contributed by atoms with Gasteiger partial charge in [-0.3, -0.25) is 9.78 Å². The number of benzene rings is 2. The monoisotopic (exact) mass is 376 g/mol. The maximum absolute atomic E-state index is 13.7. The van der Waals surface area contributed by atoms with E-state index in [1.165, 1.54) is 11.6 Å². The van der Waals surface area contributed by atoms with E-state index < -0.39 is 0 Å². The Balaban J connectivity index is 1.42. The van der Waals surface area contributed by atoms with Crippen molar-refractivity contribution >= 4 is 22.5 Å². The molecule has 144 valence electrons. The van der Waals surface area contributed by atoms with E-state index in [1.54, 1.807) is 12.1 Å². The van der Waals surface area contributed by atoms with E-state index in [4.69, 9.17) is 0 Å². The molecule has 1 aliphatic carbocycles. The van der Waals surface area contributed by atoms with Crippen molar-refractivity contribution in [2.24, 2.45) is 11.8 Å². The molecule has 4 heteroatoms. The van der Waals surface area contributed by atoms with Crippen LogP contribution in [-0.4, -0.2) is 10.9 Å². The minimum absolute atomic E-state index is 0.0206. The van der Waals surface area contributed by atoms with Crippen molar-refractivity contribution in [2.75, 3.05) is 5.32 Å². The molecule has 2 aromatic carbocycles. The molecule has 1 fully saturated rings. The van der Waals surface area contributed by atoms with Crippen molar-refractivity contribution in [3.63, 3.8) is 0 Å². The smallest absolute Gasteiger partial charge is 0.227 e. The van der Waals surface area contributed by atoms with E-state index in [2.05, 4.69) is 10.3 Å². The lowest BCUT2D eigenvalue weighted by molar-refractivity contribution is -0.121. The van der Waals surface area contributed by atoms with Crippen LogP contribution < -0.4 is 5.32 Å². The van der Waals surface area contributed by atoms with E-state index in [9.17, 15) is 9.18 Å². The zero-order valence-electron chi connectivity index (χ0n) is 16.1. The first-order valence-electron chi connectivity index (χ1n) is 10.0. The number of pyridine rings is 1. The van der Waals surface area contributed by atoms with Gasteiger partial charge in [0.05, 0.1) is 5.52 Å². The zero-order valence-corrected chi connectivity index (χ0v) is 16.1. The Bertz CT molecular complexity index is 965. The van der Waals surface area contributed by atoms with Crippen LogP contribution in [0.5, 0.6) is 0 Å². The number of amides is 1. The Hall–Kier alpha value is -2.75. The standard InChI is InChI=1S/C24H25FN2O/c1-16(24(28)27-20-5-3-2-4-6-20)17-7-9-18(10-8-17)21-13-14-26-23-12-11-19(25)15-22(21)23/h2-6,11-18H,7-10H2,1H3,(H,27,28)/t16-,17-,18+/m1/s1. The van der Waals surface area contributed by atoms with Crippen molar-refractivity contribution in [3.05, 3.63) is 72.2 Å². The first kappa shape index (κ1) is 18.6. The van der Waals surface area contributed by atoms with Crippen molar-refractivity contribution in [3.8, 4) is 0 Å². The normalized spacial score (nSPS) is 20.6. The summed E-state index contributed by atoms with van der Waals surface area (Å²) in [4.78, 5) is 17.0. The van der Waals surface area contributed by atoms with E-state index >= 15 is 0 Å². The molecular weight excluding hydrogens is 351 g/mol. The number of rotatable bonds is 4. The fourth-order valence-electron chi connectivity index (χ4n) is 4.42. The Kier molecular flexibility index (Phi) is 5.38. The van der Waals surface area contributed by atoms with Gasteiger partial charge in [0, 0.05) is 23.2 Å². The highest BCUT2D eigenvalue weighted by Crippen LogP contribution is 2.40. The second-order valence-electron chi connectivity index (χ2n) is 7.82. The lowest BCUT2D eigenvalue weighted by atomic mass is 9.73. The van der Waals surface area contributed by atoms with Crippen LogP contribution >= 0.6 is 0 Å². The third-order valence-corrected chi connectivity index (χ3v) is 6.11. The molecule has 1 atom stereocenters. The molecule has 1 aliphatic rings. The highest BCUT2D eigenvalue weighted by Gasteiger charge is 2.30. The number of carbonyl (C=O) groups excluding carboxylic acids is 1. The molecule has 1 amide bonds. The maximum Gasteiger partial charge on any atom is 0.227 e. The molecule has 1 N–H and O–H groups in total. The van der Waals surface area contributed by atoms with Crippen LogP contribution in [0.1, 0.15) is 44.1 Å². The van der Waals surface area contributed by atoms with Gasteiger partial charge in [0.2, 0.25) is 5.91 Å². The first-order chi connectivity index (χ1) is 13.6. The summed E-state index contributed by atoms with van der Waals surface area (Å²) >= 11 is 0. The lowest BCUT2D eigenvalue weighted by Gasteiger charge is -2.32. The summed E-state index contributed by atoms with van der Waals surface area (Å²) in [6.07, 6.45) is 5.87. The predicted octanol–water partition coefficient (Wildman–Crippen LogP) is 5.92. The molecule has 0 spiro atoms. The maximum atomic E-state index is 13.7. The molecule has 0 radical (unpaired) electrons. The Morgan fingerprint density at radius 1 is 1.07 bits per heavy atom. The third-order valence-electron chi connectivity index (χ3n) is 6.11. The van der Waals surface area contributed by atoms with Gasteiger partial charge in [-0.1, -0.05) is 25.1 Å². The van der Waals surface area contributed by atoms with E-state index in [0.29, 0.717) is 11.8 Å². The average Bonchev–Trinajstić information content (AvgIpc) is 2.73. The molecule has 4 rings (SSSR count). The van der Waals surface area contributed by atoms with Crippen LogP contribution in [0.4, 0.5) is 10.1 Å². The number of carbonyl (C=O) groups is 1. The molecule has 1 saturated carbocycles. The molecular formula is C24H25FN2O. The van der Waals surface area contributed by atoms with Crippen LogP contribution in [0.15, 0.2) is 60.8 Å². The highest BCUT2D eigenvalue weighted by molar-refractivity contribution is 5.92. The van der Waals surface area contributed by atoms with Gasteiger partial charge in [0.15, 0.2) is 0 Å². The third kappa shape index (κ3) is 3.91. The molecule has 3 nitrogen and oxygen atoms in total. The van der Waals surface area contributed by atoms with E-state index in [-0.39, 0.29) is 17.6 Å². The second-order valence-corrected chi connectivity index (χ2v) is 7.82. The Labute approximate surface area is 165 Å². The van der Waals surface area contributed by atoms with E-state index in [0.717, 1.165) is 42.3 Å². The summed E-state index contributed by atoms with van der Waals surface area (Å²) in [7, 11) is 0. The molecule has 0 aliphatic heterocycles. The van der Waals surface area contributed by atoms with Gasteiger partial charge in [0.1, 0.15) is 5.82 Å². The molecule has 3 aromatic rings. The van der Waals surface area contributed by atoms with Gasteiger partial charge in [-0.2, -0.15) is 0 Å². The van der Waals surface area contributed by atoms with Crippen molar-refractivity contribution in [2.45, 2.75) is 38.5 Å². The average molecular weight is 376 g/mol. The lowest BCUT2D eigenvalue weighted by Crippen LogP contribution is -2.29. The van der Waals surface area contributed by atoms with Crippen molar-refractivity contribution < 1.29 is 9.18 Å². The van der Waals surface area contributed by atoms with Gasteiger partial charge >= 0.3 is 0 Å². The summed E-state index contributed by atoms with van der Waals surface area (Å²) in [6, 6.07) is 16.4. The number of nitrogens with one attached hydrogen (secondary N) is 1. The van der Waals surface area contributed by atoms with E-state index in [1.807, 2.05) is 49.5 Å². The Morgan fingerprint density at radius 3 is 2.57 bits per heavy atom. The van der Waals surface area contributed by atoms with Crippen LogP contribution in [0, 0.1) is 17.7 Å². The summed E-state index contributed by atoms with van der Waals surface area (Å²) in [6.45, 7) is 2.03. The first-order valence-corrected chi connectivity index (χ1v) is 10.0. The number of nitrogens with zero attached hydrogens (tertiary/aromatic N) is 1. The molecule has 28 heavy (non-hydrogen) atoms. The molecule has 0 bridgehead atoms. The SMILES string of the molecule is C[C@@H](C(=O)Nc1ccccc1)[C@H]1CC[C@@H](c2ccnc3ccc(F)cc32)CC1. The molecule has 0 saturated heterocycles. The van der Waals surface area contributed by atoms with Crippen LogP contribution in [0.25, 0.3) is 10.9 Å². The largest absolute Gasteiger partial charge is 0.326 e. The van der Waals surface area contributed by atoms with Gasteiger partial charge in [0.25, 0.3) is 0 Å². The summed E-state index contributed by atoms with van der Waals surface area (Å²) in [5, 5.41) is 3.94. The highest BCUT2D eigenvalue weighted by atomic mass is 19.1. The van der Waals surface area contributed by atoms with Gasteiger partial charge < -0.3 is 5.32 Å². The van der Waals surface area contributed by atoms with Crippen molar-refractivity contribution in [1.29, 1.82) is 0 Å². The zero-order chi connectivity index (χ0) is 19.5. The number of para-hydroxylation sites is 1. The topological polar surface area (TPSA) is 42.0 Å². The number of hydrogen-bond donors (Lipinski definition) is 1. The predicted molar refractivity (Wildman–Crippen MR) is 111 cm³/mol. The van der Waals surface area contributed by atoms with Crippen LogP contribution in [0.3, 0.4) is 0 Å². The fraction of sp³-hybridized carbons (Fsp3) is 0.333. The minimum Gasteiger partial charge on any atom is -0.326 e. The summed E-state index contributed by atoms with van der Waals surface area (Å²) in [5.74, 6) is 0.623. The van der Waals surface area contributed by atoms with Gasteiger partial charge in [-0.15, -0.1) is 0 Å². The number of hydrogen-bond acceptors (Lipinski definition) is 2. The molecule has 1 heterocycles. The number of fused-ring (bicyclic) bond motifs is 1. The van der Waals surface area contributed by atoms with Gasteiger partial charge in [-0.25, -0.2) is 4.39 Å². The van der Waals surface area contributed by atoms with Crippen LogP contribution in [0.2, 0.25) is 0 Å². The molecule has 0 unspecified atom stereocenters. The number of anilines is 1. The quantitative estimate of drug-likeness (QED) is 0.614. The summed E-state index contributed by atoms with van der Waals surface area (Å²) < 4.78 is 13.7. The number of halogens is 1. The summed E-state index contributed by atoms with van der Waals surface area (Å²) in [5.41, 5.74) is 2.87.